The average Bonchev–Trinajstić information content (AvgIpc) is 2.14. The van der Waals surface area contributed by atoms with Gasteiger partial charge in [-0.1, -0.05) is 6.58 Å². The molecule has 0 saturated heterocycles. The highest BCUT2D eigenvalue weighted by Gasteiger charge is 2.23. The van der Waals surface area contributed by atoms with Crippen LogP contribution in [0, 0.1) is 0 Å². The normalized spacial score (nSPS) is 11.0. The van der Waals surface area contributed by atoms with Crippen LogP contribution in [0.3, 0.4) is 0 Å². The number of ether oxygens (including phenoxy) is 2. The Kier molecular flexibility index (Phi) is 4.98. The maximum absolute atomic E-state index is 11.0. The van der Waals surface area contributed by atoms with Crippen LogP contribution in [0.1, 0.15) is 6.92 Å². The van der Waals surface area contributed by atoms with Gasteiger partial charge in [-0.25, -0.2) is 4.79 Å². The lowest BCUT2D eigenvalue weighted by Crippen LogP contribution is -2.43. The molecule has 1 atom stereocenters. The van der Waals surface area contributed by atoms with E-state index in [1.807, 2.05) is 0 Å². The second kappa shape index (κ2) is 5.74. The zero-order valence-electron chi connectivity index (χ0n) is 7.90. The third kappa shape index (κ3) is 4.24. The van der Waals surface area contributed by atoms with Gasteiger partial charge in [-0.3, -0.25) is 9.59 Å². The van der Waals surface area contributed by atoms with Crippen LogP contribution in [0.4, 0.5) is 0 Å². The lowest BCUT2D eigenvalue weighted by atomic mass is 10.5. The zero-order valence-corrected chi connectivity index (χ0v) is 7.90. The molecule has 0 spiro atoms. The monoisotopic (exact) mass is 201 g/mol. The number of nitrogens with one attached hydrogen (secondary N) is 1. The summed E-state index contributed by atoms with van der Waals surface area (Å²) in [5.41, 5.74) is 0. The van der Waals surface area contributed by atoms with Gasteiger partial charge in [0.15, 0.2) is 0 Å². The molecule has 0 saturated carbocycles. The maximum Gasteiger partial charge on any atom is 0.368 e. The van der Waals surface area contributed by atoms with Crippen LogP contribution in [0.25, 0.3) is 0 Å². The lowest BCUT2D eigenvalue weighted by Gasteiger charge is -2.14. The van der Waals surface area contributed by atoms with Crippen molar-refractivity contribution in [3.8, 4) is 0 Å². The molecule has 1 N–H and O–H groups in total. The van der Waals surface area contributed by atoms with Crippen molar-refractivity contribution in [3.05, 3.63) is 12.7 Å². The molecule has 0 aliphatic heterocycles. The summed E-state index contributed by atoms with van der Waals surface area (Å²) in [6, 6.07) is 0. The van der Waals surface area contributed by atoms with Crippen LogP contribution in [-0.2, 0) is 23.9 Å². The number of carbonyl (C=O) groups is 3. The number of hydrogen-bond acceptors (Lipinski definition) is 5. The highest BCUT2D eigenvalue weighted by molar-refractivity contribution is 5.91. The fourth-order valence-electron chi connectivity index (χ4n) is 0.598. The Labute approximate surface area is 80.9 Å². The summed E-state index contributed by atoms with van der Waals surface area (Å²) in [5.74, 6) is -2.21. The van der Waals surface area contributed by atoms with Gasteiger partial charge in [0.25, 0.3) is 6.23 Å². The molecule has 14 heavy (non-hydrogen) atoms. The quantitative estimate of drug-likeness (QED) is 0.371. The fourth-order valence-corrected chi connectivity index (χ4v) is 0.598. The molecule has 1 amide bonds. The van der Waals surface area contributed by atoms with E-state index in [-0.39, 0.29) is 0 Å². The molecule has 0 fully saturated rings. The van der Waals surface area contributed by atoms with Gasteiger partial charge in [0, 0.05) is 6.92 Å². The van der Waals surface area contributed by atoms with E-state index in [0.717, 1.165) is 20.1 Å². The van der Waals surface area contributed by atoms with E-state index in [1.54, 1.807) is 0 Å². The summed E-state index contributed by atoms with van der Waals surface area (Å²) in [7, 11) is 1.11. The largest absolute Gasteiger partial charge is 0.465 e. The number of esters is 2. The Balaban J connectivity index is 4.38. The Hall–Kier alpha value is -1.85. The van der Waals surface area contributed by atoms with E-state index in [2.05, 4.69) is 21.4 Å². The van der Waals surface area contributed by atoms with E-state index < -0.39 is 24.1 Å². The Bertz CT molecular complexity index is 260. The lowest BCUT2D eigenvalue weighted by molar-refractivity contribution is -0.168. The van der Waals surface area contributed by atoms with E-state index in [9.17, 15) is 14.4 Å². The van der Waals surface area contributed by atoms with Crippen LogP contribution < -0.4 is 5.32 Å². The van der Waals surface area contributed by atoms with E-state index in [0.29, 0.717) is 0 Å². The number of rotatable bonds is 4. The molecule has 0 aliphatic carbocycles. The molecule has 78 valence electrons. The van der Waals surface area contributed by atoms with Gasteiger partial charge >= 0.3 is 11.9 Å². The molecule has 0 aromatic carbocycles. The SMILES string of the molecule is C=CC(=O)NC(OC(C)=O)C(=O)OC. The van der Waals surface area contributed by atoms with Crippen molar-refractivity contribution in [2.24, 2.45) is 0 Å². The Morgan fingerprint density at radius 2 is 2.00 bits per heavy atom. The van der Waals surface area contributed by atoms with E-state index in [1.165, 1.54) is 0 Å². The standard InChI is InChI=1S/C8H11NO5/c1-4-6(11)9-7(8(12)13-3)14-5(2)10/h4,7H,1H2,2-3H3,(H,9,11). The molecule has 0 rings (SSSR count). The van der Waals surface area contributed by atoms with Crippen molar-refractivity contribution in [2.45, 2.75) is 13.2 Å². The number of hydrogen-bond donors (Lipinski definition) is 1. The second-order valence-corrected chi connectivity index (χ2v) is 2.23. The first-order valence-corrected chi connectivity index (χ1v) is 3.69. The van der Waals surface area contributed by atoms with E-state index >= 15 is 0 Å². The average molecular weight is 201 g/mol. The number of amides is 1. The second-order valence-electron chi connectivity index (χ2n) is 2.23. The summed E-state index contributed by atoms with van der Waals surface area (Å²) >= 11 is 0. The third-order valence-electron chi connectivity index (χ3n) is 1.16. The van der Waals surface area contributed by atoms with Crippen LogP contribution in [-0.4, -0.2) is 31.2 Å². The van der Waals surface area contributed by atoms with Gasteiger partial charge in [0.1, 0.15) is 0 Å². The first-order valence-electron chi connectivity index (χ1n) is 3.69. The van der Waals surface area contributed by atoms with Crippen molar-refractivity contribution in [1.29, 1.82) is 0 Å². The van der Waals surface area contributed by atoms with Gasteiger partial charge < -0.3 is 14.8 Å². The van der Waals surface area contributed by atoms with Crippen LogP contribution >= 0.6 is 0 Å². The molecule has 0 bridgehead atoms. The molecule has 0 heterocycles. The molecular weight excluding hydrogens is 190 g/mol. The molecule has 0 aromatic heterocycles. The van der Waals surface area contributed by atoms with Crippen molar-refractivity contribution in [2.75, 3.05) is 7.11 Å². The number of carbonyl (C=O) groups excluding carboxylic acids is 3. The summed E-state index contributed by atoms with van der Waals surface area (Å²) in [5, 5.41) is 2.07. The Morgan fingerprint density at radius 1 is 1.43 bits per heavy atom. The summed E-state index contributed by atoms with van der Waals surface area (Å²) in [6.07, 6.45) is -0.484. The van der Waals surface area contributed by atoms with Crippen molar-refractivity contribution < 1.29 is 23.9 Å². The molecule has 1 unspecified atom stereocenters. The van der Waals surface area contributed by atoms with E-state index in [4.69, 9.17) is 0 Å². The molecule has 6 heteroatoms. The summed E-state index contributed by atoms with van der Waals surface area (Å²) in [4.78, 5) is 32.3. The van der Waals surface area contributed by atoms with Gasteiger partial charge in [0.2, 0.25) is 5.91 Å². The molecule has 0 radical (unpaired) electrons. The maximum atomic E-state index is 11.0. The summed E-state index contributed by atoms with van der Waals surface area (Å²) in [6.45, 7) is 4.28. The van der Waals surface area contributed by atoms with Crippen molar-refractivity contribution >= 4 is 17.8 Å². The zero-order chi connectivity index (χ0) is 11.1. The molecule has 6 nitrogen and oxygen atoms in total. The molecule has 0 aromatic rings. The van der Waals surface area contributed by atoms with Crippen LogP contribution in [0.15, 0.2) is 12.7 Å². The first-order chi connectivity index (χ1) is 6.51. The summed E-state index contributed by atoms with van der Waals surface area (Å²) < 4.78 is 8.78. The van der Waals surface area contributed by atoms with Gasteiger partial charge in [0.05, 0.1) is 7.11 Å². The molecular formula is C8H11NO5. The minimum Gasteiger partial charge on any atom is -0.465 e. The third-order valence-corrected chi connectivity index (χ3v) is 1.16. The van der Waals surface area contributed by atoms with Gasteiger partial charge in [-0.15, -0.1) is 0 Å². The number of methoxy groups -OCH3 is 1. The predicted octanol–water partition coefficient (Wildman–Crippen LogP) is -0.649. The highest BCUT2D eigenvalue weighted by atomic mass is 16.6. The predicted molar refractivity (Wildman–Crippen MR) is 45.9 cm³/mol. The smallest absolute Gasteiger partial charge is 0.368 e. The highest BCUT2D eigenvalue weighted by Crippen LogP contribution is 1.92. The first kappa shape index (κ1) is 12.2. The topological polar surface area (TPSA) is 81.7 Å². The minimum atomic E-state index is -1.43. The van der Waals surface area contributed by atoms with Gasteiger partial charge in [-0.2, -0.15) is 0 Å². The van der Waals surface area contributed by atoms with Crippen molar-refractivity contribution in [1.82, 2.24) is 5.32 Å². The fraction of sp³-hybridized carbons (Fsp3) is 0.375. The minimum absolute atomic E-state index is 0.637. The van der Waals surface area contributed by atoms with Crippen molar-refractivity contribution in [3.63, 3.8) is 0 Å². The Morgan fingerprint density at radius 3 is 2.36 bits per heavy atom. The van der Waals surface area contributed by atoms with Gasteiger partial charge in [-0.05, 0) is 6.08 Å². The van der Waals surface area contributed by atoms with Crippen LogP contribution in [0.2, 0.25) is 0 Å². The van der Waals surface area contributed by atoms with Crippen LogP contribution in [0.5, 0.6) is 0 Å². The molecule has 0 aliphatic rings.